The Labute approximate surface area is 160 Å². The third-order valence-electron chi connectivity index (χ3n) is 4.27. The fourth-order valence-electron chi connectivity index (χ4n) is 3.02. The molecule has 140 valence electrons. The number of hydrogen-bond acceptors (Lipinski definition) is 4. The van der Waals surface area contributed by atoms with Gasteiger partial charge in [0.05, 0.1) is 18.4 Å². The number of nitrogens with one attached hydrogen (secondary N) is 1. The summed E-state index contributed by atoms with van der Waals surface area (Å²) < 4.78 is 2.95. The van der Waals surface area contributed by atoms with Crippen molar-refractivity contribution in [1.29, 1.82) is 0 Å². The Morgan fingerprint density at radius 1 is 1.04 bits per heavy atom. The largest absolute Gasteiger partial charge is 0.480 e. The van der Waals surface area contributed by atoms with Gasteiger partial charge in [0.25, 0.3) is 5.91 Å². The maximum Gasteiger partial charge on any atom is 0.325 e. The van der Waals surface area contributed by atoms with E-state index in [4.69, 9.17) is 5.11 Å². The van der Waals surface area contributed by atoms with Crippen molar-refractivity contribution in [2.45, 2.75) is 13.1 Å². The maximum absolute atomic E-state index is 12.3. The van der Waals surface area contributed by atoms with Crippen LogP contribution in [0.1, 0.15) is 16.1 Å². The van der Waals surface area contributed by atoms with Crippen LogP contribution >= 0.6 is 0 Å². The Kier molecular flexibility index (Phi) is 4.59. The topological polar surface area (TPSA) is 102 Å². The van der Waals surface area contributed by atoms with Crippen molar-refractivity contribution in [1.82, 2.24) is 19.6 Å². The molecule has 4 aromatic rings. The molecule has 0 spiro atoms. The van der Waals surface area contributed by atoms with Gasteiger partial charge in [0, 0.05) is 12.4 Å². The Morgan fingerprint density at radius 2 is 1.86 bits per heavy atom. The van der Waals surface area contributed by atoms with Crippen LogP contribution in [-0.4, -0.2) is 36.5 Å². The van der Waals surface area contributed by atoms with Crippen LogP contribution in [0.5, 0.6) is 0 Å². The average Bonchev–Trinajstić information content (AvgIpc) is 3.31. The van der Waals surface area contributed by atoms with Crippen LogP contribution < -0.4 is 5.32 Å². The molecule has 8 heteroatoms. The molecule has 0 fully saturated rings. The molecular formula is C20H17N5O3. The fraction of sp³-hybridized carbons (Fsp3) is 0.100. The molecule has 0 radical (unpaired) electrons. The molecule has 0 saturated carbocycles. The summed E-state index contributed by atoms with van der Waals surface area (Å²) in [4.78, 5) is 23.0. The van der Waals surface area contributed by atoms with E-state index in [1.165, 1.54) is 16.9 Å². The number of benzene rings is 2. The third kappa shape index (κ3) is 3.75. The number of fused-ring (bicyclic) bond motifs is 1. The lowest BCUT2D eigenvalue weighted by atomic mass is 10.0. The molecule has 28 heavy (non-hydrogen) atoms. The molecule has 2 aromatic heterocycles. The summed E-state index contributed by atoms with van der Waals surface area (Å²) in [6.07, 6.45) is 4.76. The summed E-state index contributed by atoms with van der Waals surface area (Å²) in [5.41, 5.74) is 1.81. The molecule has 0 saturated heterocycles. The number of aromatic nitrogens is 4. The quantitative estimate of drug-likeness (QED) is 0.539. The Balaban J connectivity index is 1.46. The van der Waals surface area contributed by atoms with Gasteiger partial charge in [0.1, 0.15) is 6.54 Å². The van der Waals surface area contributed by atoms with E-state index in [2.05, 4.69) is 39.8 Å². The summed E-state index contributed by atoms with van der Waals surface area (Å²) >= 11 is 0. The molecule has 0 unspecified atom stereocenters. The lowest BCUT2D eigenvalue weighted by molar-refractivity contribution is -0.137. The first-order valence-electron chi connectivity index (χ1n) is 8.64. The molecular weight excluding hydrogens is 358 g/mol. The highest BCUT2D eigenvalue weighted by Crippen LogP contribution is 2.19. The van der Waals surface area contributed by atoms with E-state index >= 15 is 0 Å². The summed E-state index contributed by atoms with van der Waals surface area (Å²) in [5.74, 6) is -1.45. The van der Waals surface area contributed by atoms with Gasteiger partial charge in [0.2, 0.25) is 0 Å². The molecule has 2 heterocycles. The van der Waals surface area contributed by atoms with Gasteiger partial charge >= 0.3 is 5.97 Å². The summed E-state index contributed by atoms with van der Waals surface area (Å²) in [6, 6.07) is 15.8. The number of nitrogens with zero attached hydrogens (tertiary/aromatic N) is 4. The molecule has 8 nitrogen and oxygen atoms in total. The minimum absolute atomic E-state index is 0.142. The van der Waals surface area contributed by atoms with Crippen molar-refractivity contribution in [3.63, 3.8) is 0 Å². The van der Waals surface area contributed by atoms with Gasteiger partial charge in [-0.25, -0.2) is 0 Å². The first kappa shape index (κ1) is 17.5. The summed E-state index contributed by atoms with van der Waals surface area (Å²) in [7, 11) is 0. The maximum atomic E-state index is 12.3. The van der Waals surface area contributed by atoms with Crippen LogP contribution in [0, 0.1) is 0 Å². The predicted molar refractivity (Wildman–Crippen MR) is 103 cm³/mol. The Hall–Kier alpha value is -3.94. The number of amides is 1. The standard InChI is InChI=1S/C20H17N5O3/c26-19(27)13-24-9-8-18(23-24)20(28)22-16-10-21-25(12-16)11-15-6-3-5-14-4-1-2-7-17(14)15/h1-10,12H,11,13H2,(H,22,28)(H,26,27). The van der Waals surface area contributed by atoms with E-state index in [1.807, 2.05) is 18.2 Å². The zero-order chi connectivity index (χ0) is 19.5. The van der Waals surface area contributed by atoms with Gasteiger partial charge in [-0.05, 0) is 22.4 Å². The van der Waals surface area contributed by atoms with Crippen molar-refractivity contribution >= 4 is 28.3 Å². The van der Waals surface area contributed by atoms with Gasteiger partial charge in [-0.15, -0.1) is 0 Å². The van der Waals surface area contributed by atoms with Crippen LogP contribution in [0.25, 0.3) is 10.8 Å². The monoisotopic (exact) mass is 375 g/mol. The first-order valence-corrected chi connectivity index (χ1v) is 8.64. The number of aliphatic carboxylic acids is 1. The van der Waals surface area contributed by atoms with Crippen molar-refractivity contribution in [3.05, 3.63) is 78.4 Å². The van der Waals surface area contributed by atoms with Crippen molar-refractivity contribution in [3.8, 4) is 0 Å². The molecule has 0 aliphatic rings. The molecule has 2 N–H and O–H groups in total. The van der Waals surface area contributed by atoms with Crippen molar-refractivity contribution in [2.75, 3.05) is 5.32 Å². The number of hydrogen-bond donors (Lipinski definition) is 2. The predicted octanol–water partition coefficient (Wildman–Crippen LogP) is 2.62. The zero-order valence-corrected chi connectivity index (χ0v) is 14.8. The number of rotatable bonds is 6. The molecule has 2 aromatic carbocycles. The highest BCUT2D eigenvalue weighted by molar-refractivity contribution is 6.02. The van der Waals surface area contributed by atoms with Crippen molar-refractivity contribution in [2.24, 2.45) is 0 Å². The van der Waals surface area contributed by atoms with E-state index in [9.17, 15) is 9.59 Å². The van der Waals surface area contributed by atoms with Gasteiger partial charge in [-0.2, -0.15) is 10.2 Å². The normalized spacial score (nSPS) is 10.9. The van der Waals surface area contributed by atoms with Crippen LogP contribution in [0.2, 0.25) is 0 Å². The molecule has 0 aliphatic heterocycles. The number of carbonyl (C=O) groups excluding carboxylic acids is 1. The summed E-state index contributed by atoms with van der Waals surface area (Å²) in [5, 5.41) is 22.1. The summed E-state index contributed by atoms with van der Waals surface area (Å²) in [6.45, 7) is 0.278. The zero-order valence-electron chi connectivity index (χ0n) is 14.8. The van der Waals surface area contributed by atoms with Crippen LogP contribution in [0.4, 0.5) is 5.69 Å². The van der Waals surface area contributed by atoms with Crippen LogP contribution in [0.3, 0.4) is 0 Å². The number of anilines is 1. The second-order valence-electron chi connectivity index (χ2n) is 6.31. The van der Waals surface area contributed by atoms with Gasteiger partial charge in [0.15, 0.2) is 5.69 Å². The number of carboxylic acids is 1. The average molecular weight is 375 g/mol. The highest BCUT2D eigenvalue weighted by Gasteiger charge is 2.12. The molecule has 0 bridgehead atoms. The van der Waals surface area contributed by atoms with Crippen LogP contribution in [0.15, 0.2) is 67.1 Å². The second kappa shape index (κ2) is 7.36. The lowest BCUT2D eigenvalue weighted by Crippen LogP contribution is -2.14. The molecule has 0 aliphatic carbocycles. The fourth-order valence-corrected chi connectivity index (χ4v) is 3.02. The number of carboxylic acid groups (broad SMARTS) is 1. The van der Waals surface area contributed by atoms with Crippen molar-refractivity contribution < 1.29 is 14.7 Å². The Morgan fingerprint density at radius 3 is 2.71 bits per heavy atom. The Bertz CT molecular complexity index is 1160. The van der Waals surface area contributed by atoms with Gasteiger partial charge < -0.3 is 10.4 Å². The van der Waals surface area contributed by atoms with Gasteiger partial charge in [-0.3, -0.25) is 19.0 Å². The minimum atomic E-state index is -1.02. The van der Waals surface area contributed by atoms with E-state index in [0.29, 0.717) is 12.2 Å². The third-order valence-corrected chi connectivity index (χ3v) is 4.27. The smallest absolute Gasteiger partial charge is 0.325 e. The van der Waals surface area contributed by atoms with E-state index in [0.717, 1.165) is 16.3 Å². The number of carbonyl (C=O) groups is 2. The van der Waals surface area contributed by atoms with E-state index < -0.39 is 11.9 Å². The van der Waals surface area contributed by atoms with Gasteiger partial charge in [-0.1, -0.05) is 42.5 Å². The van der Waals surface area contributed by atoms with E-state index in [1.54, 1.807) is 17.1 Å². The second-order valence-corrected chi connectivity index (χ2v) is 6.31. The molecule has 4 rings (SSSR count). The SMILES string of the molecule is O=C(O)Cn1ccc(C(=O)Nc2cnn(Cc3cccc4ccccc34)c2)n1. The first-order chi connectivity index (χ1) is 13.6. The van der Waals surface area contributed by atoms with Crippen LogP contribution in [-0.2, 0) is 17.9 Å². The molecule has 1 amide bonds. The minimum Gasteiger partial charge on any atom is -0.480 e. The lowest BCUT2D eigenvalue weighted by Gasteiger charge is -2.06. The highest BCUT2D eigenvalue weighted by atomic mass is 16.4. The molecule has 0 atom stereocenters. The van der Waals surface area contributed by atoms with E-state index in [-0.39, 0.29) is 12.2 Å².